The molecule has 1 heterocycles. The first-order valence-corrected chi connectivity index (χ1v) is 10.1. The Bertz CT molecular complexity index is 958. The zero-order valence-corrected chi connectivity index (χ0v) is 17.6. The van der Waals surface area contributed by atoms with Gasteiger partial charge in [0.2, 0.25) is 0 Å². The Hall–Kier alpha value is -2.89. The summed E-state index contributed by atoms with van der Waals surface area (Å²) in [6.07, 6.45) is 1.96. The van der Waals surface area contributed by atoms with Crippen LogP contribution in [0, 0.1) is 0 Å². The van der Waals surface area contributed by atoms with Gasteiger partial charge in [-0.15, -0.1) is 0 Å². The van der Waals surface area contributed by atoms with Crippen LogP contribution in [0.2, 0.25) is 10.2 Å². The maximum Gasteiger partial charge on any atom is 0.340 e. The summed E-state index contributed by atoms with van der Waals surface area (Å²) in [6.45, 7) is 0.0551. The first kappa shape index (κ1) is 21.8. The lowest BCUT2D eigenvalue weighted by molar-refractivity contribution is -0.124. The standard InChI is InChI=1S/C23H20Cl2N2O3/c24-20-13-18(14-27-22(20)25)23(29)30-15-21(28)26-12-11-19(16-7-3-1-4-8-16)17-9-5-2-6-10-17/h1-10,13-14,19H,11-12,15H2,(H,26,28). The van der Waals surface area contributed by atoms with Gasteiger partial charge >= 0.3 is 5.97 Å². The molecule has 5 nitrogen and oxygen atoms in total. The van der Waals surface area contributed by atoms with Crippen LogP contribution in [-0.2, 0) is 9.53 Å². The molecule has 0 fully saturated rings. The second kappa shape index (κ2) is 10.8. The molecule has 0 spiro atoms. The average molecular weight is 443 g/mol. The lowest BCUT2D eigenvalue weighted by Gasteiger charge is -2.18. The summed E-state index contributed by atoms with van der Waals surface area (Å²) in [4.78, 5) is 27.9. The first-order chi connectivity index (χ1) is 14.5. The minimum Gasteiger partial charge on any atom is -0.452 e. The van der Waals surface area contributed by atoms with Crippen LogP contribution < -0.4 is 5.32 Å². The number of nitrogens with zero attached hydrogens (tertiary/aromatic N) is 1. The molecule has 1 N–H and O–H groups in total. The predicted molar refractivity (Wildman–Crippen MR) is 117 cm³/mol. The van der Waals surface area contributed by atoms with Crippen LogP contribution in [0.4, 0.5) is 0 Å². The van der Waals surface area contributed by atoms with Crippen LogP contribution in [0.3, 0.4) is 0 Å². The molecule has 0 unspecified atom stereocenters. The van der Waals surface area contributed by atoms with E-state index in [1.165, 1.54) is 23.4 Å². The maximum atomic E-state index is 12.1. The Morgan fingerprint density at radius 3 is 2.13 bits per heavy atom. The SMILES string of the molecule is O=C(COC(=O)c1cnc(Cl)c(Cl)c1)NCCC(c1ccccc1)c1ccccc1. The Kier molecular flexibility index (Phi) is 7.82. The van der Waals surface area contributed by atoms with Gasteiger partial charge < -0.3 is 10.1 Å². The number of amides is 1. The molecule has 0 saturated carbocycles. The van der Waals surface area contributed by atoms with Gasteiger partial charge in [-0.2, -0.15) is 0 Å². The smallest absolute Gasteiger partial charge is 0.340 e. The lowest BCUT2D eigenvalue weighted by atomic mass is 9.88. The highest BCUT2D eigenvalue weighted by molar-refractivity contribution is 6.41. The van der Waals surface area contributed by atoms with Gasteiger partial charge in [-0.05, 0) is 23.6 Å². The molecular weight excluding hydrogens is 423 g/mol. The van der Waals surface area contributed by atoms with Crippen LogP contribution in [0.15, 0.2) is 72.9 Å². The molecule has 0 bridgehead atoms. The van der Waals surface area contributed by atoms with E-state index in [0.717, 1.165) is 0 Å². The number of halogens is 2. The van der Waals surface area contributed by atoms with Crippen LogP contribution in [0.1, 0.15) is 33.8 Å². The Labute approximate surface area is 185 Å². The number of pyridine rings is 1. The summed E-state index contributed by atoms with van der Waals surface area (Å²) in [5.74, 6) is -0.920. The number of carbonyl (C=O) groups is 2. The molecule has 0 radical (unpaired) electrons. The van der Waals surface area contributed by atoms with E-state index in [1.807, 2.05) is 36.4 Å². The fraction of sp³-hybridized carbons (Fsp3) is 0.174. The van der Waals surface area contributed by atoms with Crippen LogP contribution in [0.5, 0.6) is 0 Å². The second-order valence-corrected chi connectivity index (χ2v) is 7.35. The fourth-order valence-corrected chi connectivity index (χ4v) is 3.32. The molecule has 30 heavy (non-hydrogen) atoms. The molecule has 0 saturated heterocycles. The van der Waals surface area contributed by atoms with Crippen molar-refractivity contribution in [1.82, 2.24) is 10.3 Å². The molecule has 3 aromatic rings. The predicted octanol–water partition coefficient (Wildman–Crippen LogP) is 4.88. The second-order valence-electron chi connectivity index (χ2n) is 6.59. The molecular formula is C23H20Cl2N2O3. The van der Waals surface area contributed by atoms with Crippen molar-refractivity contribution in [3.8, 4) is 0 Å². The highest BCUT2D eigenvalue weighted by Gasteiger charge is 2.15. The van der Waals surface area contributed by atoms with Crippen molar-refractivity contribution < 1.29 is 14.3 Å². The topological polar surface area (TPSA) is 68.3 Å². The zero-order chi connectivity index (χ0) is 21.3. The van der Waals surface area contributed by atoms with Crippen molar-refractivity contribution in [1.29, 1.82) is 0 Å². The van der Waals surface area contributed by atoms with E-state index < -0.39 is 5.97 Å². The minimum absolute atomic E-state index is 0.0948. The largest absolute Gasteiger partial charge is 0.452 e. The highest BCUT2D eigenvalue weighted by atomic mass is 35.5. The van der Waals surface area contributed by atoms with Gasteiger partial charge in [-0.1, -0.05) is 83.9 Å². The molecule has 1 amide bonds. The van der Waals surface area contributed by atoms with Crippen molar-refractivity contribution in [3.05, 3.63) is 99.8 Å². The van der Waals surface area contributed by atoms with Crippen molar-refractivity contribution in [2.24, 2.45) is 0 Å². The summed E-state index contributed by atoms with van der Waals surface area (Å²) in [6, 6.07) is 21.6. The summed E-state index contributed by atoms with van der Waals surface area (Å²) < 4.78 is 5.02. The van der Waals surface area contributed by atoms with Crippen molar-refractivity contribution in [2.45, 2.75) is 12.3 Å². The van der Waals surface area contributed by atoms with E-state index >= 15 is 0 Å². The molecule has 0 aliphatic rings. The van der Waals surface area contributed by atoms with Gasteiger partial charge in [0.05, 0.1) is 10.6 Å². The van der Waals surface area contributed by atoms with Crippen LogP contribution in [0.25, 0.3) is 0 Å². The molecule has 0 aliphatic carbocycles. The van der Waals surface area contributed by atoms with E-state index in [0.29, 0.717) is 13.0 Å². The molecule has 0 atom stereocenters. The number of esters is 1. The summed E-state index contributed by atoms with van der Waals surface area (Å²) in [5, 5.41) is 3.04. The normalized spacial score (nSPS) is 10.6. The minimum atomic E-state index is -0.692. The highest BCUT2D eigenvalue weighted by Crippen LogP contribution is 2.27. The van der Waals surface area contributed by atoms with E-state index in [2.05, 4.69) is 34.6 Å². The number of nitrogens with one attached hydrogen (secondary N) is 1. The third-order valence-corrected chi connectivity index (χ3v) is 5.21. The molecule has 2 aromatic carbocycles. The van der Waals surface area contributed by atoms with Gasteiger partial charge in [0, 0.05) is 18.7 Å². The third kappa shape index (κ3) is 6.05. The summed E-state index contributed by atoms with van der Waals surface area (Å²) >= 11 is 11.6. The van der Waals surface area contributed by atoms with Gasteiger partial charge in [0.15, 0.2) is 6.61 Å². The third-order valence-electron chi connectivity index (χ3n) is 4.53. The average Bonchev–Trinajstić information content (AvgIpc) is 2.78. The zero-order valence-electron chi connectivity index (χ0n) is 16.1. The van der Waals surface area contributed by atoms with Crippen molar-refractivity contribution in [3.63, 3.8) is 0 Å². The quantitative estimate of drug-likeness (QED) is 0.398. The Morgan fingerprint density at radius 2 is 1.57 bits per heavy atom. The first-order valence-electron chi connectivity index (χ1n) is 9.39. The molecule has 154 valence electrons. The molecule has 7 heteroatoms. The number of carbonyl (C=O) groups excluding carboxylic acids is 2. The maximum absolute atomic E-state index is 12.1. The van der Waals surface area contributed by atoms with Crippen LogP contribution in [-0.4, -0.2) is 30.0 Å². The van der Waals surface area contributed by atoms with Crippen molar-refractivity contribution >= 4 is 35.1 Å². The van der Waals surface area contributed by atoms with Gasteiger partial charge in [0.25, 0.3) is 5.91 Å². The Balaban J connectivity index is 1.52. The van der Waals surface area contributed by atoms with Crippen molar-refractivity contribution in [2.75, 3.05) is 13.2 Å². The monoisotopic (exact) mass is 442 g/mol. The summed E-state index contributed by atoms with van der Waals surface area (Å²) in [5.41, 5.74) is 2.48. The number of hydrogen-bond donors (Lipinski definition) is 1. The molecule has 3 rings (SSSR count). The Morgan fingerprint density at radius 1 is 0.967 bits per heavy atom. The summed E-state index contributed by atoms with van der Waals surface area (Å²) in [7, 11) is 0. The van der Waals surface area contributed by atoms with Gasteiger partial charge in [0.1, 0.15) is 5.15 Å². The number of aromatic nitrogens is 1. The van der Waals surface area contributed by atoms with E-state index in [4.69, 9.17) is 27.9 Å². The van der Waals surface area contributed by atoms with Gasteiger partial charge in [-0.3, -0.25) is 4.79 Å². The molecule has 1 aromatic heterocycles. The fourth-order valence-electron chi connectivity index (χ4n) is 3.05. The van der Waals surface area contributed by atoms with E-state index in [-0.39, 0.29) is 34.2 Å². The lowest BCUT2D eigenvalue weighted by Crippen LogP contribution is -2.30. The number of rotatable bonds is 8. The van der Waals surface area contributed by atoms with Crippen LogP contribution >= 0.6 is 23.2 Å². The number of benzene rings is 2. The van der Waals surface area contributed by atoms with Gasteiger partial charge in [-0.25, -0.2) is 9.78 Å². The molecule has 0 aliphatic heterocycles. The number of hydrogen-bond acceptors (Lipinski definition) is 4. The van der Waals surface area contributed by atoms with E-state index in [1.54, 1.807) is 0 Å². The number of ether oxygens (including phenoxy) is 1. The van der Waals surface area contributed by atoms with E-state index in [9.17, 15) is 9.59 Å².